The van der Waals surface area contributed by atoms with Crippen molar-refractivity contribution in [3.63, 3.8) is 0 Å². The van der Waals surface area contributed by atoms with Gasteiger partial charge in [0.15, 0.2) is 6.61 Å². The lowest BCUT2D eigenvalue weighted by atomic mass is 10.1. The van der Waals surface area contributed by atoms with Crippen LogP contribution in [0.3, 0.4) is 0 Å². The van der Waals surface area contributed by atoms with E-state index in [1.165, 1.54) is 11.3 Å². The van der Waals surface area contributed by atoms with E-state index in [1.807, 2.05) is 30.3 Å². The highest BCUT2D eigenvalue weighted by atomic mass is 35.5. The molecule has 1 atom stereocenters. The van der Waals surface area contributed by atoms with Crippen molar-refractivity contribution >= 4 is 57.4 Å². The molecule has 1 aliphatic carbocycles. The Bertz CT molecular complexity index is 944. The van der Waals surface area contributed by atoms with Crippen molar-refractivity contribution in [1.82, 2.24) is 0 Å². The van der Waals surface area contributed by atoms with Crippen LogP contribution in [0.1, 0.15) is 30.6 Å². The fraction of sp³-hybridized carbons (Fsp3) is 0.350. The molecule has 0 aliphatic heterocycles. The van der Waals surface area contributed by atoms with E-state index < -0.39 is 34.2 Å². The fourth-order valence-electron chi connectivity index (χ4n) is 2.66. The summed E-state index contributed by atoms with van der Waals surface area (Å²) in [6.07, 6.45) is 0.266. The highest BCUT2D eigenvalue weighted by Gasteiger charge is 2.69. The molecule has 9 heteroatoms. The number of ether oxygens (including phenoxy) is 2. The Hall–Kier alpha value is -2.09. The van der Waals surface area contributed by atoms with E-state index >= 15 is 0 Å². The molecular weight excluding hydrogens is 437 g/mol. The van der Waals surface area contributed by atoms with Crippen molar-refractivity contribution < 1.29 is 23.9 Å². The SMILES string of the molecule is CCOC(=O)c1cc(-c2ccccc2)sc1NC(=O)COC(=O)[C@]1(C)CC1(Cl)Cl. The summed E-state index contributed by atoms with van der Waals surface area (Å²) in [5.41, 5.74) is 0.123. The van der Waals surface area contributed by atoms with Crippen LogP contribution in [0.2, 0.25) is 0 Å². The summed E-state index contributed by atoms with van der Waals surface area (Å²) in [4.78, 5) is 37.5. The molecule has 1 N–H and O–H groups in total. The third-order valence-corrected chi connectivity index (χ3v) is 6.78. The Morgan fingerprint density at radius 3 is 2.41 bits per heavy atom. The molecule has 1 saturated carbocycles. The number of carbonyl (C=O) groups is 3. The zero-order valence-electron chi connectivity index (χ0n) is 15.8. The van der Waals surface area contributed by atoms with Gasteiger partial charge in [0.2, 0.25) is 0 Å². The first-order chi connectivity index (χ1) is 13.7. The van der Waals surface area contributed by atoms with Crippen LogP contribution in [0, 0.1) is 5.41 Å². The third-order valence-electron chi connectivity index (χ3n) is 4.58. The van der Waals surface area contributed by atoms with Gasteiger partial charge in [-0.05, 0) is 25.5 Å². The number of hydrogen-bond acceptors (Lipinski definition) is 6. The Labute approximate surface area is 182 Å². The van der Waals surface area contributed by atoms with Gasteiger partial charge in [0.25, 0.3) is 5.91 Å². The predicted octanol–water partition coefficient (Wildman–Crippen LogP) is 4.66. The maximum atomic E-state index is 12.3. The summed E-state index contributed by atoms with van der Waals surface area (Å²) in [6.45, 7) is 2.97. The first-order valence-corrected chi connectivity index (χ1v) is 10.5. The minimum absolute atomic E-state index is 0.206. The second-order valence-corrected chi connectivity index (χ2v) is 9.31. The lowest BCUT2D eigenvalue weighted by Crippen LogP contribution is -2.27. The minimum Gasteiger partial charge on any atom is -0.462 e. The van der Waals surface area contributed by atoms with Crippen molar-refractivity contribution in [2.45, 2.75) is 24.6 Å². The summed E-state index contributed by atoms with van der Waals surface area (Å²) in [5.74, 6) is -1.76. The lowest BCUT2D eigenvalue weighted by Gasteiger charge is -2.11. The quantitative estimate of drug-likeness (QED) is 0.484. The zero-order valence-corrected chi connectivity index (χ0v) is 18.1. The highest BCUT2D eigenvalue weighted by molar-refractivity contribution is 7.20. The van der Waals surface area contributed by atoms with E-state index in [9.17, 15) is 14.4 Å². The Morgan fingerprint density at radius 1 is 1.17 bits per heavy atom. The molecule has 154 valence electrons. The Kier molecular flexibility index (Phi) is 6.22. The first-order valence-electron chi connectivity index (χ1n) is 8.89. The van der Waals surface area contributed by atoms with E-state index in [0.29, 0.717) is 5.00 Å². The second-order valence-electron chi connectivity index (χ2n) is 6.78. The molecule has 1 aromatic heterocycles. The predicted molar refractivity (Wildman–Crippen MR) is 112 cm³/mol. The largest absolute Gasteiger partial charge is 0.462 e. The average Bonchev–Trinajstić information content (AvgIpc) is 3.02. The van der Waals surface area contributed by atoms with Gasteiger partial charge in [-0.3, -0.25) is 9.59 Å². The van der Waals surface area contributed by atoms with Crippen LogP contribution in [-0.4, -0.2) is 35.4 Å². The van der Waals surface area contributed by atoms with E-state index in [0.717, 1.165) is 10.4 Å². The number of hydrogen-bond donors (Lipinski definition) is 1. The van der Waals surface area contributed by atoms with Crippen LogP contribution in [-0.2, 0) is 19.1 Å². The molecule has 1 aliphatic rings. The molecule has 1 aromatic carbocycles. The van der Waals surface area contributed by atoms with Gasteiger partial charge >= 0.3 is 11.9 Å². The monoisotopic (exact) mass is 455 g/mol. The van der Waals surface area contributed by atoms with Crippen LogP contribution >= 0.6 is 34.5 Å². The van der Waals surface area contributed by atoms with Crippen molar-refractivity contribution in [1.29, 1.82) is 0 Å². The molecule has 2 aromatic rings. The summed E-state index contributed by atoms with van der Waals surface area (Å²) in [6, 6.07) is 11.1. The highest BCUT2D eigenvalue weighted by Crippen LogP contribution is 2.64. The van der Waals surface area contributed by atoms with Gasteiger partial charge in [0.05, 0.1) is 12.2 Å². The summed E-state index contributed by atoms with van der Waals surface area (Å²) < 4.78 is 8.95. The van der Waals surface area contributed by atoms with E-state index in [4.69, 9.17) is 32.7 Å². The molecule has 1 amide bonds. The molecule has 0 radical (unpaired) electrons. The zero-order chi connectivity index (χ0) is 21.2. The van der Waals surface area contributed by atoms with Gasteiger partial charge in [0.1, 0.15) is 14.7 Å². The number of alkyl halides is 2. The van der Waals surface area contributed by atoms with Crippen molar-refractivity contribution in [2.24, 2.45) is 5.41 Å². The molecule has 0 unspecified atom stereocenters. The van der Waals surface area contributed by atoms with Gasteiger partial charge < -0.3 is 14.8 Å². The number of thiophene rings is 1. The topological polar surface area (TPSA) is 81.7 Å². The van der Waals surface area contributed by atoms with Crippen molar-refractivity contribution in [3.8, 4) is 10.4 Å². The average molecular weight is 456 g/mol. The van der Waals surface area contributed by atoms with Gasteiger partial charge in [-0.15, -0.1) is 34.5 Å². The second kappa shape index (κ2) is 8.34. The van der Waals surface area contributed by atoms with Crippen molar-refractivity contribution in [2.75, 3.05) is 18.5 Å². The lowest BCUT2D eigenvalue weighted by molar-refractivity contribution is -0.152. The van der Waals surface area contributed by atoms with Crippen LogP contribution in [0.5, 0.6) is 0 Å². The molecule has 0 spiro atoms. The normalized spacial score (nSPS) is 19.3. The van der Waals surface area contributed by atoms with Gasteiger partial charge in [-0.2, -0.15) is 0 Å². The number of rotatable bonds is 7. The Morgan fingerprint density at radius 2 is 1.83 bits per heavy atom. The van der Waals surface area contributed by atoms with E-state index in [2.05, 4.69) is 5.32 Å². The minimum atomic E-state index is -1.17. The maximum absolute atomic E-state index is 12.3. The van der Waals surface area contributed by atoms with E-state index in [-0.39, 0.29) is 18.6 Å². The van der Waals surface area contributed by atoms with Crippen LogP contribution in [0.4, 0.5) is 5.00 Å². The first kappa shape index (κ1) is 21.6. The number of anilines is 1. The molecule has 29 heavy (non-hydrogen) atoms. The fourth-order valence-corrected chi connectivity index (χ4v) is 4.42. The number of amides is 1. The van der Waals surface area contributed by atoms with Gasteiger partial charge in [0, 0.05) is 11.3 Å². The van der Waals surface area contributed by atoms with Crippen LogP contribution in [0.15, 0.2) is 36.4 Å². The molecule has 1 heterocycles. The molecule has 0 bridgehead atoms. The van der Waals surface area contributed by atoms with Gasteiger partial charge in [-0.1, -0.05) is 30.3 Å². The number of nitrogens with one attached hydrogen (secondary N) is 1. The smallest absolute Gasteiger partial charge is 0.341 e. The number of carbonyl (C=O) groups excluding carboxylic acids is 3. The van der Waals surface area contributed by atoms with Crippen LogP contribution in [0.25, 0.3) is 10.4 Å². The molecule has 6 nitrogen and oxygen atoms in total. The maximum Gasteiger partial charge on any atom is 0.341 e. The van der Waals surface area contributed by atoms with Crippen LogP contribution < -0.4 is 5.32 Å². The summed E-state index contributed by atoms with van der Waals surface area (Å²) in [5, 5.41) is 2.95. The molecule has 1 fully saturated rings. The molecule has 3 rings (SSSR count). The number of esters is 2. The number of benzene rings is 1. The summed E-state index contributed by atoms with van der Waals surface area (Å²) >= 11 is 13.1. The summed E-state index contributed by atoms with van der Waals surface area (Å²) in [7, 11) is 0. The molecular formula is C20H19Cl2NO5S. The third kappa shape index (κ3) is 4.57. The standard InChI is InChI=1S/C20H19Cl2NO5S/c1-3-27-17(25)13-9-14(12-7-5-4-6-8-12)29-16(13)23-15(24)10-28-18(26)19(2)11-20(19,21)22/h4-9H,3,10-11H2,1-2H3,(H,23,24)/t19-/m0/s1. The molecule has 0 saturated heterocycles. The number of halogens is 2. The van der Waals surface area contributed by atoms with Crippen molar-refractivity contribution in [3.05, 3.63) is 42.0 Å². The Balaban J connectivity index is 1.71. The van der Waals surface area contributed by atoms with Gasteiger partial charge in [-0.25, -0.2) is 4.79 Å². The van der Waals surface area contributed by atoms with E-state index in [1.54, 1.807) is 19.9 Å².